The molecule has 4 aromatic rings. The van der Waals surface area contributed by atoms with E-state index in [1.165, 1.54) is 18.5 Å². The molecular formula is C21H16ClF2N7S. The third-order valence-electron chi connectivity index (χ3n) is 5.47. The van der Waals surface area contributed by atoms with Crippen molar-refractivity contribution >= 4 is 55.0 Å². The molecule has 1 fully saturated rings. The van der Waals surface area contributed by atoms with Crippen LogP contribution in [0.4, 0.5) is 19.7 Å². The molecule has 7 nitrogen and oxygen atoms in total. The molecular weight excluding hydrogens is 456 g/mol. The molecule has 1 saturated heterocycles. The van der Waals surface area contributed by atoms with Crippen LogP contribution in [0.15, 0.2) is 24.5 Å². The van der Waals surface area contributed by atoms with Gasteiger partial charge < -0.3 is 16.0 Å². The first kappa shape index (κ1) is 20.8. The number of fused-ring (bicyclic) bond motifs is 2. The largest absolute Gasteiger partial charge is 0.375 e. The minimum absolute atomic E-state index is 0.0130. The Kier molecular flexibility index (Phi) is 5.25. The maximum atomic E-state index is 15.8. The van der Waals surface area contributed by atoms with Crippen molar-refractivity contribution in [2.75, 3.05) is 30.3 Å². The number of nitriles is 1. The summed E-state index contributed by atoms with van der Waals surface area (Å²) in [5.41, 5.74) is 6.55. The number of anilines is 2. The molecule has 0 amide bonds. The van der Waals surface area contributed by atoms with E-state index in [-0.39, 0.29) is 37.5 Å². The fourth-order valence-electron chi connectivity index (χ4n) is 4.07. The molecule has 2 aromatic carbocycles. The molecule has 3 heterocycles. The molecule has 0 saturated carbocycles. The zero-order valence-electron chi connectivity index (χ0n) is 16.6. The predicted octanol–water partition coefficient (Wildman–Crippen LogP) is 4.11. The SMILES string of the molecule is N#CCC1CN(c2ncnc3c(F)c(-c4ccc(F)c5sc(N)nc45)c(Cl)cc23)CCN1. The number of rotatable bonds is 3. The van der Waals surface area contributed by atoms with Crippen molar-refractivity contribution in [1.29, 1.82) is 5.26 Å². The van der Waals surface area contributed by atoms with Crippen LogP contribution in [0.25, 0.3) is 32.2 Å². The smallest absolute Gasteiger partial charge is 0.181 e. The highest BCUT2D eigenvalue weighted by atomic mass is 35.5. The highest BCUT2D eigenvalue weighted by Gasteiger charge is 2.25. The van der Waals surface area contributed by atoms with Crippen molar-refractivity contribution < 1.29 is 8.78 Å². The summed E-state index contributed by atoms with van der Waals surface area (Å²) in [6.45, 7) is 1.87. The monoisotopic (exact) mass is 471 g/mol. The average Bonchev–Trinajstić information content (AvgIpc) is 3.18. The highest BCUT2D eigenvalue weighted by molar-refractivity contribution is 7.22. The number of nitrogens with zero attached hydrogens (tertiary/aromatic N) is 5. The van der Waals surface area contributed by atoms with Crippen LogP contribution in [-0.4, -0.2) is 40.6 Å². The number of nitrogen functional groups attached to an aromatic ring is 1. The summed E-state index contributed by atoms with van der Waals surface area (Å²) in [5, 5.41) is 13.1. The molecule has 0 aliphatic carbocycles. The van der Waals surface area contributed by atoms with Gasteiger partial charge in [-0.05, 0) is 18.2 Å². The summed E-state index contributed by atoms with van der Waals surface area (Å²) in [6.07, 6.45) is 1.66. The Labute approximate surface area is 190 Å². The topological polar surface area (TPSA) is 104 Å². The van der Waals surface area contributed by atoms with E-state index >= 15 is 4.39 Å². The van der Waals surface area contributed by atoms with Crippen LogP contribution in [0.3, 0.4) is 0 Å². The minimum Gasteiger partial charge on any atom is -0.375 e. The van der Waals surface area contributed by atoms with Gasteiger partial charge in [0.2, 0.25) is 0 Å². The second-order valence-electron chi connectivity index (χ2n) is 7.42. The van der Waals surface area contributed by atoms with Crippen LogP contribution in [-0.2, 0) is 0 Å². The Balaban J connectivity index is 1.68. The van der Waals surface area contributed by atoms with Crippen molar-refractivity contribution in [3.63, 3.8) is 0 Å². The van der Waals surface area contributed by atoms with Crippen molar-refractivity contribution in [3.8, 4) is 17.2 Å². The third-order valence-corrected chi connectivity index (χ3v) is 6.67. The third kappa shape index (κ3) is 3.39. The van der Waals surface area contributed by atoms with Gasteiger partial charge in [-0.2, -0.15) is 5.26 Å². The second kappa shape index (κ2) is 8.09. The first-order chi connectivity index (χ1) is 15.5. The molecule has 0 radical (unpaired) electrons. The van der Waals surface area contributed by atoms with Gasteiger partial charge in [0.25, 0.3) is 0 Å². The van der Waals surface area contributed by atoms with Crippen molar-refractivity contribution in [1.82, 2.24) is 20.3 Å². The number of nitrogens with one attached hydrogen (secondary N) is 1. The van der Waals surface area contributed by atoms with Crippen LogP contribution >= 0.6 is 22.9 Å². The van der Waals surface area contributed by atoms with E-state index in [1.807, 2.05) is 4.90 Å². The van der Waals surface area contributed by atoms with Gasteiger partial charge in [0.15, 0.2) is 10.9 Å². The molecule has 0 bridgehead atoms. The second-order valence-corrected chi connectivity index (χ2v) is 8.86. The zero-order chi connectivity index (χ0) is 22.4. The number of aromatic nitrogens is 3. The minimum atomic E-state index is -0.640. The lowest BCUT2D eigenvalue weighted by Crippen LogP contribution is -2.50. The molecule has 0 spiro atoms. The first-order valence-electron chi connectivity index (χ1n) is 9.80. The highest BCUT2D eigenvalue weighted by Crippen LogP contribution is 2.42. The van der Waals surface area contributed by atoms with Gasteiger partial charge in [-0.3, -0.25) is 0 Å². The van der Waals surface area contributed by atoms with Gasteiger partial charge in [0, 0.05) is 42.2 Å². The molecule has 5 rings (SSSR count). The Morgan fingerprint density at radius 3 is 2.97 bits per heavy atom. The molecule has 1 aliphatic heterocycles. The van der Waals surface area contributed by atoms with E-state index in [4.69, 9.17) is 22.6 Å². The van der Waals surface area contributed by atoms with Gasteiger partial charge in [-0.25, -0.2) is 23.7 Å². The summed E-state index contributed by atoms with van der Waals surface area (Å²) in [6, 6.07) is 6.46. The molecule has 32 heavy (non-hydrogen) atoms. The molecule has 11 heteroatoms. The number of benzene rings is 2. The number of nitrogens with two attached hydrogens (primary N) is 1. The van der Waals surface area contributed by atoms with Gasteiger partial charge in [-0.15, -0.1) is 0 Å². The first-order valence-corrected chi connectivity index (χ1v) is 11.0. The summed E-state index contributed by atoms with van der Waals surface area (Å²) in [4.78, 5) is 14.7. The van der Waals surface area contributed by atoms with Crippen LogP contribution in [0.5, 0.6) is 0 Å². The van der Waals surface area contributed by atoms with Gasteiger partial charge in [0.05, 0.1) is 27.7 Å². The number of hydrogen-bond acceptors (Lipinski definition) is 8. The van der Waals surface area contributed by atoms with E-state index in [0.717, 1.165) is 11.3 Å². The van der Waals surface area contributed by atoms with Crippen LogP contribution in [0.1, 0.15) is 6.42 Å². The number of thiazole rings is 1. The van der Waals surface area contributed by atoms with E-state index < -0.39 is 11.6 Å². The van der Waals surface area contributed by atoms with E-state index in [2.05, 4.69) is 26.3 Å². The molecule has 1 aliphatic rings. The molecule has 2 aromatic heterocycles. The Morgan fingerprint density at radius 2 is 2.16 bits per heavy atom. The van der Waals surface area contributed by atoms with E-state index in [9.17, 15) is 4.39 Å². The van der Waals surface area contributed by atoms with Crippen LogP contribution in [0.2, 0.25) is 5.02 Å². The maximum absolute atomic E-state index is 15.8. The molecule has 1 atom stereocenters. The summed E-state index contributed by atoms with van der Waals surface area (Å²) in [7, 11) is 0. The lowest BCUT2D eigenvalue weighted by Gasteiger charge is -2.34. The zero-order valence-corrected chi connectivity index (χ0v) is 18.1. The Bertz CT molecular complexity index is 1400. The fourth-order valence-corrected chi connectivity index (χ4v) is 5.13. The number of piperazine rings is 1. The van der Waals surface area contributed by atoms with Crippen molar-refractivity contribution in [2.24, 2.45) is 0 Å². The quantitative estimate of drug-likeness (QED) is 0.463. The van der Waals surface area contributed by atoms with E-state index in [0.29, 0.717) is 42.8 Å². The average molecular weight is 472 g/mol. The Hall–Kier alpha value is -3.13. The normalized spacial score (nSPS) is 16.6. The summed E-state index contributed by atoms with van der Waals surface area (Å²) in [5.74, 6) is -0.571. The summed E-state index contributed by atoms with van der Waals surface area (Å²) < 4.78 is 30.3. The lowest BCUT2D eigenvalue weighted by atomic mass is 10.0. The molecule has 162 valence electrons. The lowest BCUT2D eigenvalue weighted by molar-refractivity contribution is 0.461. The molecule has 1 unspecified atom stereocenters. The predicted molar refractivity (Wildman–Crippen MR) is 122 cm³/mol. The van der Waals surface area contributed by atoms with Gasteiger partial charge in [0.1, 0.15) is 23.5 Å². The van der Waals surface area contributed by atoms with Crippen LogP contribution in [0, 0.1) is 23.0 Å². The summed E-state index contributed by atoms with van der Waals surface area (Å²) >= 11 is 7.55. The van der Waals surface area contributed by atoms with Gasteiger partial charge in [-0.1, -0.05) is 22.9 Å². The standard InChI is InChI=1S/C21H16ClF2N7S/c22-13-7-12-17(28-9-29-20(12)31-6-5-27-10(8-31)3-4-25)16(24)15(13)11-1-2-14(23)19-18(11)30-21(26)32-19/h1-2,7,9-10,27H,3,5-6,8H2,(H2,26,30). The number of halogens is 3. The van der Waals surface area contributed by atoms with Gasteiger partial charge >= 0.3 is 0 Å². The fraction of sp³-hybridized carbons (Fsp3) is 0.238. The maximum Gasteiger partial charge on any atom is 0.181 e. The van der Waals surface area contributed by atoms with Crippen LogP contribution < -0.4 is 16.0 Å². The van der Waals surface area contributed by atoms with Crippen molar-refractivity contribution in [2.45, 2.75) is 12.5 Å². The Morgan fingerprint density at radius 1 is 1.31 bits per heavy atom. The molecule has 3 N–H and O–H groups in total. The van der Waals surface area contributed by atoms with E-state index in [1.54, 1.807) is 6.07 Å². The number of hydrogen-bond donors (Lipinski definition) is 2. The van der Waals surface area contributed by atoms with Crippen molar-refractivity contribution in [3.05, 3.63) is 41.2 Å².